The Bertz CT molecular complexity index is 456. The zero-order valence-corrected chi connectivity index (χ0v) is 12.1. The van der Waals surface area contributed by atoms with Crippen LogP contribution < -0.4 is 20.1 Å². The molecule has 2 N–H and O–H groups in total. The molecule has 1 heterocycles. The number of amides is 1. The van der Waals surface area contributed by atoms with E-state index in [1.54, 1.807) is 14.2 Å². The zero-order chi connectivity index (χ0) is 14.4. The van der Waals surface area contributed by atoms with Crippen LogP contribution in [-0.2, 0) is 11.3 Å². The van der Waals surface area contributed by atoms with Gasteiger partial charge >= 0.3 is 0 Å². The standard InChI is InChI=1S/C15H22N2O3/c1-19-13-4-3-12(14(8-13)20-2)10-17-15(18)7-11-5-6-16-9-11/h3-4,8,11,16H,5-7,9-10H2,1-2H3,(H,17,18). The predicted octanol–water partition coefficient (Wildman–Crippen LogP) is 1.32. The molecule has 0 radical (unpaired) electrons. The van der Waals surface area contributed by atoms with Gasteiger partial charge in [0.1, 0.15) is 11.5 Å². The van der Waals surface area contributed by atoms with Crippen LogP contribution >= 0.6 is 0 Å². The number of nitrogens with one attached hydrogen (secondary N) is 2. The first-order chi connectivity index (χ1) is 9.72. The molecule has 1 aromatic rings. The summed E-state index contributed by atoms with van der Waals surface area (Å²) in [5, 5.41) is 6.22. The Hall–Kier alpha value is -1.75. The van der Waals surface area contributed by atoms with E-state index in [-0.39, 0.29) is 5.91 Å². The number of methoxy groups -OCH3 is 2. The number of hydrogen-bond donors (Lipinski definition) is 2. The monoisotopic (exact) mass is 278 g/mol. The third-order valence-corrected chi connectivity index (χ3v) is 3.61. The van der Waals surface area contributed by atoms with Gasteiger partial charge in [0.05, 0.1) is 14.2 Å². The molecule has 5 heteroatoms. The number of benzene rings is 1. The normalized spacial score (nSPS) is 17.8. The van der Waals surface area contributed by atoms with Gasteiger partial charge in [0.2, 0.25) is 5.91 Å². The van der Waals surface area contributed by atoms with Gasteiger partial charge in [-0.15, -0.1) is 0 Å². The van der Waals surface area contributed by atoms with Gasteiger partial charge in [-0.25, -0.2) is 0 Å². The second kappa shape index (κ2) is 7.14. The molecule has 20 heavy (non-hydrogen) atoms. The van der Waals surface area contributed by atoms with Gasteiger partial charge in [0.15, 0.2) is 0 Å². The van der Waals surface area contributed by atoms with E-state index in [0.29, 0.717) is 18.9 Å². The first-order valence-electron chi connectivity index (χ1n) is 6.91. The molecule has 1 aliphatic heterocycles. The summed E-state index contributed by atoms with van der Waals surface area (Å²) >= 11 is 0. The number of rotatable bonds is 6. The van der Waals surface area contributed by atoms with Crippen LogP contribution in [0, 0.1) is 5.92 Å². The molecule has 1 fully saturated rings. The van der Waals surface area contributed by atoms with E-state index in [2.05, 4.69) is 10.6 Å². The lowest BCUT2D eigenvalue weighted by atomic mass is 10.0. The summed E-state index contributed by atoms with van der Waals surface area (Å²) < 4.78 is 10.5. The molecule has 110 valence electrons. The Morgan fingerprint density at radius 3 is 2.90 bits per heavy atom. The summed E-state index contributed by atoms with van der Waals surface area (Å²) in [6.45, 7) is 2.44. The highest BCUT2D eigenvalue weighted by atomic mass is 16.5. The predicted molar refractivity (Wildman–Crippen MR) is 77.0 cm³/mol. The fourth-order valence-electron chi connectivity index (χ4n) is 2.41. The quantitative estimate of drug-likeness (QED) is 0.824. The van der Waals surface area contributed by atoms with Crippen LogP contribution in [0.2, 0.25) is 0 Å². The van der Waals surface area contributed by atoms with Crippen molar-refractivity contribution in [2.24, 2.45) is 5.92 Å². The van der Waals surface area contributed by atoms with Crippen molar-refractivity contribution in [3.05, 3.63) is 23.8 Å². The van der Waals surface area contributed by atoms with Crippen molar-refractivity contribution in [1.82, 2.24) is 10.6 Å². The molecule has 1 unspecified atom stereocenters. The number of carbonyl (C=O) groups excluding carboxylic acids is 1. The van der Waals surface area contributed by atoms with Gasteiger partial charge in [-0.3, -0.25) is 4.79 Å². The highest BCUT2D eigenvalue weighted by molar-refractivity contribution is 5.76. The molecule has 0 saturated carbocycles. The van der Waals surface area contributed by atoms with E-state index in [1.165, 1.54) is 0 Å². The van der Waals surface area contributed by atoms with Crippen molar-refractivity contribution in [1.29, 1.82) is 0 Å². The van der Waals surface area contributed by atoms with Gasteiger partial charge in [-0.05, 0) is 37.6 Å². The van der Waals surface area contributed by atoms with E-state index in [4.69, 9.17) is 9.47 Å². The Balaban J connectivity index is 1.87. The Morgan fingerprint density at radius 2 is 2.25 bits per heavy atom. The first-order valence-corrected chi connectivity index (χ1v) is 6.91. The Kier molecular flexibility index (Phi) is 5.24. The van der Waals surface area contributed by atoms with Crippen LogP contribution in [0.4, 0.5) is 0 Å². The van der Waals surface area contributed by atoms with Crippen molar-refractivity contribution in [2.45, 2.75) is 19.4 Å². The molecular weight excluding hydrogens is 256 g/mol. The summed E-state index contributed by atoms with van der Waals surface area (Å²) in [4.78, 5) is 11.9. The lowest BCUT2D eigenvalue weighted by molar-refractivity contribution is -0.122. The number of ether oxygens (including phenoxy) is 2. The average Bonchev–Trinajstić information content (AvgIpc) is 2.97. The van der Waals surface area contributed by atoms with E-state index in [0.717, 1.165) is 36.6 Å². The number of hydrogen-bond acceptors (Lipinski definition) is 4. The lowest BCUT2D eigenvalue weighted by Crippen LogP contribution is -2.26. The molecule has 5 nitrogen and oxygen atoms in total. The minimum absolute atomic E-state index is 0.0940. The maximum atomic E-state index is 11.9. The summed E-state index contributed by atoms with van der Waals surface area (Å²) in [6, 6.07) is 5.60. The summed E-state index contributed by atoms with van der Waals surface area (Å²) in [6.07, 6.45) is 1.67. The van der Waals surface area contributed by atoms with Gasteiger partial charge < -0.3 is 20.1 Å². The second-order valence-corrected chi connectivity index (χ2v) is 5.02. The number of carbonyl (C=O) groups is 1. The molecule has 2 rings (SSSR count). The van der Waals surface area contributed by atoms with Crippen LogP contribution in [-0.4, -0.2) is 33.2 Å². The first kappa shape index (κ1) is 14.7. The fraction of sp³-hybridized carbons (Fsp3) is 0.533. The average molecular weight is 278 g/mol. The maximum absolute atomic E-state index is 11.9. The molecule has 0 aliphatic carbocycles. The minimum atomic E-state index is 0.0940. The second-order valence-electron chi connectivity index (χ2n) is 5.02. The lowest BCUT2D eigenvalue weighted by Gasteiger charge is -2.12. The molecule has 0 spiro atoms. The van der Waals surface area contributed by atoms with Crippen molar-refractivity contribution in [3.8, 4) is 11.5 Å². The summed E-state index contributed by atoms with van der Waals surface area (Å²) in [5.41, 5.74) is 0.950. The summed E-state index contributed by atoms with van der Waals surface area (Å²) in [7, 11) is 3.23. The third kappa shape index (κ3) is 3.87. The van der Waals surface area contributed by atoms with Gasteiger partial charge in [0, 0.05) is 24.6 Å². The van der Waals surface area contributed by atoms with Gasteiger partial charge in [-0.2, -0.15) is 0 Å². The zero-order valence-electron chi connectivity index (χ0n) is 12.1. The van der Waals surface area contributed by atoms with Crippen LogP contribution in [0.15, 0.2) is 18.2 Å². The Labute approximate surface area is 119 Å². The largest absolute Gasteiger partial charge is 0.497 e. The molecular formula is C15H22N2O3. The van der Waals surface area contributed by atoms with E-state index in [1.807, 2.05) is 18.2 Å². The highest BCUT2D eigenvalue weighted by Gasteiger charge is 2.18. The van der Waals surface area contributed by atoms with E-state index >= 15 is 0 Å². The van der Waals surface area contributed by atoms with E-state index < -0.39 is 0 Å². The van der Waals surface area contributed by atoms with Crippen LogP contribution in [0.3, 0.4) is 0 Å². The molecule has 1 saturated heterocycles. The molecule has 1 amide bonds. The molecule has 1 aromatic carbocycles. The summed E-state index contributed by atoms with van der Waals surface area (Å²) in [5.74, 6) is 2.03. The topological polar surface area (TPSA) is 59.6 Å². The third-order valence-electron chi connectivity index (χ3n) is 3.61. The fourth-order valence-corrected chi connectivity index (χ4v) is 2.41. The van der Waals surface area contributed by atoms with Crippen molar-refractivity contribution < 1.29 is 14.3 Å². The van der Waals surface area contributed by atoms with Crippen molar-refractivity contribution in [3.63, 3.8) is 0 Å². The van der Waals surface area contributed by atoms with Crippen LogP contribution in [0.5, 0.6) is 11.5 Å². The maximum Gasteiger partial charge on any atom is 0.220 e. The SMILES string of the molecule is COc1ccc(CNC(=O)CC2CCNC2)c(OC)c1. The smallest absolute Gasteiger partial charge is 0.220 e. The minimum Gasteiger partial charge on any atom is -0.497 e. The highest BCUT2D eigenvalue weighted by Crippen LogP contribution is 2.24. The molecule has 1 atom stereocenters. The van der Waals surface area contributed by atoms with Gasteiger partial charge in [-0.1, -0.05) is 0 Å². The molecule has 0 bridgehead atoms. The molecule has 0 aromatic heterocycles. The van der Waals surface area contributed by atoms with Crippen molar-refractivity contribution in [2.75, 3.05) is 27.3 Å². The Morgan fingerprint density at radius 1 is 1.40 bits per heavy atom. The van der Waals surface area contributed by atoms with Gasteiger partial charge in [0.25, 0.3) is 0 Å². The van der Waals surface area contributed by atoms with Crippen LogP contribution in [0.1, 0.15) is 18.4 Å². The van der Waals surface area contributed by atoms with Crippen molar-refractivity contribution >= 4 is 5.91 Å². The van der Waals surface area contributed by atoms with E-state index in [9.17, 15) is 4.79 Å². The molecule has 1 aliphatic rings. The van der Waals surface area contributed by atoms with Crippen LogP contribution in [0.25, 0.3) is 0 Å².